The zero-order chi connectivity index (χ0) is 11.9. The summed E-state index contributed by atoms with van der Waals surface area (Å²) in [7, 11) is 0. The Hall–Kier alpha value is -0.610. The van der Waals surface area contributed by atoms with Crippen molar-refractivity contribution in [3.05, 3.63) is 0 Å². The van der Waals surface area contributed by atoms with Gasteiger partial charge >= 0.3 is 0 Å². The summed E-state index contributed by atoms with van der Waals surface area (Å²) >= 11 is 0. The lowest BCUT2D eigenvalue weighted by atomic mass is 10.1. The molecule has 0 rings (SSSR count). The minimum absolute atomic E-state index is 0.0629. The second-order valence-electron chi connectivity index (χ2n) is 4.96. The number of carbonyl (C=O) groups excluding carboxylic acids is 1. The second-order valence-corrected chi connectivity index (χ2v) is 4.96. The minimum Gasteiger partial charge on any atom is -0.370 e. The molecule has 90 valence electrons. The molecule has 0 unspecified atom stereocenters. The third kappa shape index (κ3) is 11.3. The van der Waals surface area contributed by atoms with Crippen LogP contribution in [0.25, 0.3) is 0 Å². The van der Waals surface area contributed by atoms with Crippen molar-refractivity contribution in [1.29, 1.82) is 0 Å². The van der Waals surface area contributed by atoms with Crippen molar-refractivity contribution in [2.24, 2.45) is 0 Å². The van der Waals surface area contributed by atoms with Crippen LogP contribution < -0.4 is 10.6 Å². The zero-order valence-corrected chi connectivity index (χ0v) is 10.5. The molecule has 0 atom stereocenters. The van der Waals surface area contributed by atoms with E-state index < -0.39 is 0 Å². The molecule has 1 amide bonds. The lowest BCUT2D eigenvalue weighted by Gasteiger charge is -2.20. The van der Waals surface area contributed by atoms with Crippen LogP contribution in [0.5, 0.6) is 0 Å². The Labute approximate surface area is 92.8 Å². The van der Waals surface area contributed by atoms with E-state index >= 15 is 0 Å². The van der Waals surface area contributed by atoms with E-state index in [0.717, 1.165) is 6.54 Å². The largest absolute Gasteiger partial charge is 0.370 e. The van der Waals surface area contributed by atoms with Gasteiger partial charge in [-0.05, 0) is 20.8 Å². The standard InChI is InChI=1S/C11H24N2O2/c1-9(2)12-6-7-15-8-10(14)13-11(3,4)5/h9,12H,6-8H2,1-5H3,(H,13,14). The van der Waals surface area contributed by atoms with Gasteiger partial charge in [0.05, 0.1) is 6.61 Å². The van der Waals surface area contributed by atoms with Gasteiger partial charge in [-0.2, -0.15) is 0 Å². The SMILES string of the molecule is CC(C)NCCOCC(=O)NC(C)(C)C. The van der Waals surface area contributed by atoms with Crippen LogP contribution >= 0.6 is 0 Å². The Morgan fingerprint density at radius 3 is 2.40 bits per heavy atom. The summed E-state index contributed by atoms with van der Waals surface area (Å²) in [5, 5.41) is 6.05. The van der Waals surface area contributed by atoms with Crippen molar-refractivity contribution in [2.45, 2.75) is 46.2 Å². The number of amides is 1. The van der Waals surface area contributed by atoms with Gasteiger partial charge in [-0.15, -0.1) is 0 Å². The van der Waals surface area contributed by atoms with Crippen LogP contribution in [-0.2, 0) is 9.53 Å². The molecule has 0 fully saturated rings. The van der Waals surface area contributed by atoms with Crippen molar-refractivity contribution in [3.8, 4) is 0 Å². The highest BCUT2D eigenvalue weighted by molar-refractivity contribution is 5.77. The molecular formula is C11H24N2O2. The van der Waals surface area contributed by atoms with Gasteiger partial charge in [0.1, 0.15) is 6.61 Å². The Kier molecular flexibility index (Phi) is 6.52. The zero-order valence-electron chi connectivity index (χ0n) is 10.5. The molecule has 2 N–H and O–H groups in total. The van der Waals surface area contributed by atoms with Crippen LogP contribution in [-0.4, -0.2) is 37.2 Å². The number of carbonyl (C=O) groups is 1. The van der Waals surface area contributed by atoms with E-state index in [1.54, 1.807) is 0 Å². The number of hydrogen-bond donors (Lipinski definition) is 2. The molecule has 0 aliphatic rings. The van der Waals surface area contributed by atoms with Gasteiger partial charge in [-0.3, -0.25) is 4.79 Å². The molecule has 4 heteroatoms. The summed E-state index contributed by atoms with van der Waals surface area (Å²) in [4.78, 5) is 11.3. The Morgan fingerprint density at radius 2 is 1.93 bits per heavy atom. The van der Waals surface area contributed by atoms with Gasteiger partial charge in [0.2, 0.25) is 5.91 Å². The van der Waals surface area contributed by atoms with Crippen LogP contribution in [0.2, 0.25) is 0 Å². The summed E-state index contributed by atoms with van der Waals surface area (Å²) in [6.07, 6.45) is 0. The lowest BCUT2D eigenvalue weighted by Crippen LogP contribution is -2.42. The van der Waals surface area contributed by atoms with Crippen LogP contribution in [0.4, 0.5) is 0 Å². The average molecular weight is 216 g/mol. The second kappa shape index (κ2) is 6.80. The minimum atomic E-state index is -0.184. The molecule has 0 bridgehead atoms. The van der Waals surface area contributed by atoms with Crippen LogP contribution in [0.15, 0.2) is 0 Å². The molecule has 15 heavy (non-hydrogen) atoms. The van der Waals surface area contributed by atoms with Crippen LogP contribution in [0.3, 0.4) is 0 Å². The molecule has 0 saturated carbocycles. The maximum atomic E-state index is 11.3. The topological polar surface area (TPSA) is 50.4 Å². The first-order chi connectivity index (χ1) is 6.81. The van der Waals surface area contributed by atoms with Crippen LogP contribution in [0.1, 0.15) is 34.6 Å². The van der Waals surface area contributed by atoms with E-state index in [1.807, 2.05) is 20.8 Å². The molecule has 0 aliphatic heterocycles. The Balaban J connectivity index is 3.40. The third-order valence-corrected chi connectivity index (χ3v) is 1.55. The molecule has 0 saturated heterocycles. The summed E-state index contributed by atoms with van der Waals surface area (Å²) in [6.45, 7) is 11.5. The van der Waals surface area contributed by atoms with E-state index in [9.17, 15) is 4.79 Å². The van der Waals surface area contributed by atoms with E-state index in [4.69, 9.17) is 4.74 Å². The third-order valence-electron chi connectivity index (χ3n) is 1.55. The summed E-state index contributed by atoms with van der Waals surface area (Å²) in [6, 6.07) is 0.456. The highest BCUT2D eigenvalue weighted by Crippen LogP contribution is 1.97. The Bertz CT molecular complexity index is 186. The summed E-state index contributed by atoms with van der Waals surface area (Å²) in [5.41, 5.74) is -0.184. The van der Waals surface area contributed by atoms with Crippen molar-refractivity contribution in [3.63, 3.8) is 0 Å². The van der Waals surface area contributed by atoms with Gasteiger partial charge in [0.25, 0.3) is 0 Å². The van der Waals surface area contributed by atoms with Gasteiger partial charge in [0.15, 0.2) is 0 Å². The van der Waals surface area contributed by atoms with E-state index in [0.29, 0.717) is 12.6 Å². The number of hydrogen-bond acceptors (Lipinski definition) is 3. The van der Waals surface area contributed by atoms with Crippen molar-refractivity contribution in [2.75, 3.05) is 19.8 Å². The molecule has 0 spiro atoms. The lowest BCUT2D eigenvalue weighted by molar-refractivity contribution is -0.127. The fourth-order valence-corrected chi connectivity index (χ4v) is 1.04. The molecule has 0 heterocycles. The molecular weight excluding hydrogens is 192 g/mol. The number of ether oxygens (including phenoxy) is 1. The summed E-state index contributed by atoms with van der Waals surface area (Å²) < 4.78 is 5.22. The van der Waals surface area contributed by atoms with Crippen molar-refractivity contribution in [1.82, 2.24) is 10.6 Å². The summed E-state index contributed by atoms with van der Waals surface area (Å²) in [5.74, 6) is -0.0629. The predicted octanol–water partition coefficient (Wildman–Crippen LogP) is 0.916. The van der Waals surface area contributed by atoms with Crippen LogP contribution in [0, 0.1) is 0 Å². The monoisotopic (exact) mass is 216 g/mol. The fourth-order valence-electron chi connectivity index (χ4n) is 1.04. The first-order valence-electron chi connectivity index (χ1n) is 5.43. The normalized spacial score (nSPS) is 11.9. The predicted molar refractivity (Wildman–Crippen MR) is 61.9 cm³/mol. The molecule has 0 aromatic rings. The maximum Gasteiger partial charge on any atom is 0.246 e. The van der Waals surface area contributed by atoms with Gasteiger partial charge in [-0.1, -0.05) is 13.8 Å². The smallest absolute Gasteiger partial charge is 0.246 e. The van der Waals surface area contributed by atoms with E-state index in [2.05, 4.69) is 24.5 Å². The molecule has 0 aromatic carbocycles. The highest BCUT2D eigenvalue weighted by atomic mass is 16.5. The molecule has 0 aliphatic carbocycles. The van der Waals surface area contributed by atoms with Gasteiger partial charge in [-0.25, -0.2) is 0 Å². The number of rotatable bonds is 6. The Morgan fingerprint density at radius 1 is 1.33 bits per heavy atom. The molecule has 0 aromatic heterocycles. The van der Waals surface area contributed by atoms with Gasteiger partial charge in [0, 0.05) is 18.1 Å². The maximum absolute atomic E-state index is 11.3. The average Bonchev–Trinajstić information content (AvgIpc) is 1.99. The first kappa shape index (κ1) is 14.4. The van der Waals surface area contributed by atoms with E-state index in [-0.39, 0.29) is 18.1 Å². The quantitative estimate of drug-likeness (QED) is 0.649. The van der Waals surface area contributed by atoms with Crippen molar-refractivity contribution < 1.29 is 9.53 Å². The molecule has 4 nitrogen and oxygen atoms in total. The fraction of sp³-hybridized carbons (Fsp3) is 0.909. The van der Waals surface area contributed by atoms with E-state index in [1.165, 1.54) is 0 Å². The first-order valence-corrected chi connectivity index (χ1v) is 5.43. The van der Waals surface area contributed by atoms with Crippen molar-refractivity contribution >= 4 is 5.91 Å². The van der Waals surface area contributed by atoms with Gasteiger partial charge < -0.3 is 15.4 Å². The molecule has 0 radical (unpaired) electrons. The highest BCUT2D eigenvalue weighted by Gasteiger charge is 2.13. The number of nitrogens with one attached hydrogen (secondary N) is 2.